The van der Waals surface area contributed by atoms with E-state index in [2.05, 4.69) is 39.5 Å². The number of para-hydroxylation sites is 1. The van der Waals surface area contributed by atoms with Gasteiger partial charge in [-0.3, -0.25) is 9.69 Å². The fourth-order valence-corrected chi connectivity index (χ4v) is 5.37. The normalized spacial score (nSPS) is 30.6. The zero-order valence-electron chi connectivity index (χ0n) is 17.9. The van der Waals surface area contributed by atoms with Crippen molar-refractivity contribution in [3.63, 3.8) is 0 Å². The average Bonchev–Trinajstić information content (AvgIpc) is 3.40. The van der Waals surface area contributed by atoms with E-state index in [-0.39, 0.29) is 5.91 Å². The van der Waals surface area contributed by atoms with Gasteiger partial charge in [-0.15, -0.1) is 0 Å². The van der Waals surface area contributed by atoms with Crippen LogP contribution in [-0.2, 0) is 16.0 Å². The smallest absolute Gasteiger partial charge is 0.250 e. The largest absolute Gasteiger partial charge is 0.496 e. The van der Waals surface area contributed by atoms with E-state index >= 15 is 0 Å². The first-order valence-corrected chi connectivity index (χ1v) is 11.0. The van der Waals surface area contributed by atoms with Gasteiger partial charge in [0.05, 0.1) is 20.3 Å². The van der Waals surface area contributed by atoms with E-state index in [1.54, 1.807) is 13.2 Å². The van der Waals surface area contributed by atoms with E-state index < -0.39 is 5.79 Å². The van der Waals surface area contributed by atoms with E-state index in [1.165, 1.54) is 18.4 Å². The lowest BCUT2D eigenvalue weighted by Gasteiger charge is -2.48. The van der Waals surface area contributed by atoms with Crippen molar-refractivity contribution >= 4 is 5.91 Å². The standard InChI is InChI=1S/C23H32N4O3/c1-22(24-20(14-21(28)25-22)26-9-11-30-12-10-26)27-16-23(7-8-23)15-18(27)13-17-5-3-4-6-19(17)29-2/h3-6,14,18,24H,7-13,15-16H2,1-2H3,(H,25,28)/t18-,22?/m0/s1. The first-order valence-electron chi connectivity index (χ1n) is 11.0. The molecule has 1 saturated carbocycles. The third kappa shape index (κ3) is 3.65. The molecule has 30 heavy (non-hydrogen) atoms. The van der Waals surface area contributed by atoms with Crippen LogP contribution in [0.15, 0.2) is 36.2 Å². The molecule has 162 valence electrons. The third-order valence-electron chi connectivity index (χ3n) is 7.15. The van der Waals surface area contributed by atoms with Gasteiger partial charge in [0.1, 0.15) is 11.6 Å². The summed E-state index contributed by atoms with van der Waals surface area (Å²) in [5.41, 5.74) is 1.63. The van der Waals surface area contributed by atoms with Crippen molar-refractivity contribution in [1.29, 1.82) is 0 Å². The van der Waals surface area contributed by atoms with Crippen molar-refractivity contribution < 1.29 is 14.3 Å². The molecule has 7 heteroatoms. The number of hydrogen-bond donors (Lipinski definition) is 2. The molecule has 1 unspecified atom stereocenters. The Bertz CT molecular complexity index is 847. The second-order valence-corrected chi connectivity index (χ2v) is 9.32. The van der Waals surface area contributed by atoms with E-state index in [0.717, 1.165) is 44.0 Å². The summed E-state index contributed by atoms with van der Waals surface area (Å²) in [5, 5.41) is 6.90. The second kappa shape index (κ2) is 7.46. The maximum atomic E-state index is 12.7. The Morgan fingerprint density at radius 1 is 1.20 bits per heavy atom. The van der Waals surface area contributed by atoms with Crippen LogP contribution in [0.1, 0.15) is 31.7 Å². The molecule has 1 aliphatic carbocycles. The molecule has 2 N–H and O–H groups in total. The van der Waals surface area contributed by atoms with Crippen molar-refractivity contribution in [2.75, 3.05) is 40.0 Å². The maximum absolute atomic E-state index is 12.7. The Balaban J connectivity index is 1.40. The van der Waals surface area contributed by atoms with Crippen LogP contribution in [-0.4, -0.2) is 67.5 Å². The predicted molar refractivity (Wildman–Crippen MR) is 114 cm³/mol. The van der Waals surface area contributed by atoms with Gasteiger partial charge < -0.3 is 25.0 Å². The number of amides is 1. The SMILES string of the molecule is COc1ccccc1C[C@H]1CC2(CC2)CN1C1(C)NC(=O)C=C(N2CCOCC2)N1. The molecule has 4 aliphatic rings. The summed E-state index contributed by atoms with van der Waals surface area (Å²) in [4.78, 5) is 17.4. The van der Waals surface area contributed by atoms with Gasteiger partial charge in [-0.25, -0.2) is 0 Å². The van der Waals surface area contributed by atoms with E-state index in [4.69, 9.17) is 9.47 Å². The second-order valence-electron chi connectivity index (χ2n) is 9.32. The lowest BCUT2D eigenvalue weighted by atomic mass is 9.97. The minimum Gasteiger partial charge on any atom is -0.496 e. The van der Waals surface area contributed by atoms with Crippen LogP contribution in [0.2, 0.25) is 0 Å². The lowest BCUT2D eigenvalue weighted by Crippen LogP contribution is -2.71. The molecule has 3 aliphatic heterocycles. The highest BCUT2D eigenvalue weighted by Crippen LogP contribution is 2.56. The van der Waals surface area contributed by atoms with Crippen LogP contribution < -0.4 is 15.4 Å². The molecule has 2 saturated heterocycles. The Kier molecular flexibility index (Phi) is 4.90. The van der Waals surface area contributed by atoms with Crippen LogP contribution in [0.5, 0.6) is 5.75 Å². The van der Waals surface area contributed by atoms with Crippen molar-refractivity contribution in [3.8, 4) is 5.75 Å². The fraction of sp³-hybridized carbons (Fsp3) is 0.609. The van der Waals surface area contributed by atoms with Crippen molar-refractivity contribution in [3.05, 3.63) is 41.7 Å². The minimum absolute atomic E-state index is 0.0365. The quantitative estimate of drug-likeness (QED) is 0.767. The Labute approximate surface area is 178 Å². The zero-order chi connectivity index (χ0) is 20.8. The number of nitrogens with zero attached hydrogens (tertiary/aromatic N) is 2. The minimum atomic E-state index is -0.613. The van der Waals surface area contributed by atoms with Gasteiger partial charge >= 0.3 is 0 Å². The van der Waals surface area contributed by atoms with Crippen LogP contribution >= 0.6 is 0 Å². The highest BCUT2D eigenvalue weighted by atomic mass is 16.5. The van der Waals surface area contributed by atoms with Crippen molar-refractivity contribution in [2.45, 2.75) is 44.4 Å². The monoisotopic (exact) mass is 412 g/mol. The topological polar surface area (TPSA) is 66.1 Å². The maximum Gasteiger partial charge on any atom is 0.250 e. The van der Waals surface area contributed by atoms with Crippen molar-refractivity contribution in [1.82, 2.24) is 20.4 Å². The van der Waals surface area contributed by atoms with Gasteiger partial charge in [-0.1, -0.05) is 18.2 Å². The average molecular weight is 413 g/mol. The van der Waals surface area contributed by atoms with E-state index in [1.807, 2.05) is 12.1 Å². The van der Waals surface area contributed by atoms with Crippen molar-refractivity contribution in [2.24, 2.45) is 5.41 Å². The molecular weight excluding hydrogens is 380 g/mol. The summed E-state index contributed by atoms with van der Waals surface area (Å²) < 4.78 is 11.1. The summed E-state index contributed by atoms with van der Waals surface area (Å²) in [6, 6.07) is 8.62. The molecule has 7 nitrogen and oxygen atoms in total. The number of nitrogens with one attached hydrogen (secondary N) is 2. The summed E-state index contributed by atoms with van der Waals surface area (Å²) in [7, 11) is 1.73. The molecular formula is C23H32N4O3. The summed E-state index contributed by atoms with van der Waals surface area (Å²) in [5.74, 6) is 1.19. The molecule has 1 aromatic rings. The zero-order valence-corrected chi connectivity index (χ0v) is 17.9. The summed E-state index contributed by atoms with van der Waals surface area (Å²) >= 11 is 0. The lowest BCUT2D eigenvalue weighted by molar-refractivity contribution is -0.124. The van der Waals surface area contributed by atoms with Crippen LogP contribution in [0.25, 0.3) is 0 Å². The number of likely N-dealkylation sites (tertiary alicyclic amines) is 1. The van der Waals surface area contributed by atoms with E-state index in [9.17, 15) is 4.79 Å². The number of carbonyl (C=O) groups excluding carboxylic acids is 1. The molecule has 3 fully saturated rings. The first-order chi connectivity index (χ1) is 14.5. The molecule has 0 radical (unpaired) electrons. The molecule has 3 heterocycles. The highest BCUT2D eigenvalue weighted by Gasteiger charge is 2.56. The van der Waals surface area contributed by atoms with Gasteiger partial charge in [-0.05, 0) is 49.7 Å². The van der Waals surface area contributed by atoms with Crippen LogP contribution in [0.4, 0.5) is 0 Å². The number of benzene rings is 1. The molecule has 1 amide bonds. The molecule has 1 aromatic carbocycles. The highest BCUT2D eigenvalue weighted by molar-refractivity contribution is 5.89. The van der Waals surface area contributed by atoms with Gasteiger partial charge in [0, 0.05) is 31.8 Å². The van der Waals surface area contributed by atoms with Gasteiger partial charge in [0.2, 0.25) is 5.91 Å². The number of methoxy groups -OCH3 is 1. The Hall–Kier alpha value is -2.25. The fourth-order valence-electron chi connectivity index (χ4n) is 5.37. The number of carbonyl (C=O) groups is 1. The van der Waals surface area contributed by atoms with Gasteiger partial charge in [0.25, 0.3) is 0 Å². The van der Waals surface area contributed by atoms with Gasteiger partial charge in [-0.2, -0.15) is 0 Å². The third-order valence-corrected chi connectivity index (χ3v) is 7.15. The molecule has 5 rings (SSSR count). The summed E-state index contributed by atoms with van der Waals surface area (Å²) in [6.07, 6.45) is 6.32. The van der Waals surface area contributed by atoms with E-state index in [0.29, 0.717) is 24.7 Å². The number of rotatable bonds is 5. The van der Waals surface area contributed by atoms with Gasteiger partial charge in [0.15, 0.2) is 5.79 Å². The number of morpholine rings is 1. The molecule has 1 spiro atoms. The van der Waals surface area contributed by atoms with Crippen LogP contribution in [0, 0.1) is 5.41 Å². The summed E-state index contributed by atoms with van der Waals surface area (Å²) in [6.45, 7) is 6.11. The predicted octanol–water partition coefficient (Wildman–Crippen LogP) is 1.66. The first kappa shape index (κ1) is 19.7. The molecule has 2 atom stereocenters. The number of ether oxygens (including phenoxy) is 2. The van der Waals surface area contributed by atoms with Crippen LogP contribution in [0.3, 0.4) is 0 Å². The number of hydrogen-bond acceptors (Lipinski definition) is 6. The molecule has 0 bridgehead atoms. The Morgan fingerprint density at radius 3 is 2.70 bits per heavy atom. The Morgan fingerprint density at radius 2 is 1.97 bits per heavy atom. The molecule has 0 aromatic heterocycles.